The van der Waals surface area contributed by atoms with E-state index in [4.69, 9.17) is 19.9 Å². The molecule has 6 heterocycles. The van der Waals surface area contributed by atoms with Crippen LogP contribution in [0.2, 0.25) is 0 Å². The SMILES string of the molecule is C1=Cc2nc1c(-c1ccccc1)c1ccc([n-]1)c(-c1ccccc1)c1nc(c(-c3ccccc3)c3ccc([n-]3)c2-c2ccccc2)-c2cn(Cc3ccccc3)cc2-1.[Ni+2]. The summed E-state index contributed by atoms with van der Waals surface area (Å²) in [5.74, 6) is 0. The molecule has 9 aromatic rings. The summed E-state index contributed by atoms with van der Waals surface area (Å²) in [5, 5.41) is 0. The molecule has 0 atom stereocenters. The zero-order valence-corrected chi connectivity index (χ0v) is 32.8. The Morgan fingerprint density at radius 3 is 1.10 bits per heavy atom. The van der Waals surface area contributed by atoms with Crippen LogP contribution in [-0.4, -0.2) is 14.5 Å². The smallest absolute Gasteiger partial charge is 0.657 e. The summed E-state index contributed by atoms with van der Waals surface area (Å²) < 4.78 is 2.28. The Hall–Kier alpha value is -7.27. The topological polar surface area (TPSA) is 58.9 Å². The summed E-state index contributed by atoms with van der Waals surface area (Å²) in [6.45, 7) is 0.728. The van der Waals surface area contributed by atoms with E-state index in [0.717, 1.165) is 107 Å². The second kappa shape index (κ2) is 15.2. The molecule has 0 fully saturated rings. The molecule has 2 aliphatic rings. The first kappa shape index (κ1) is 36.1. The van der Waals surface area contributed by atoms with Gasteiger partial charge in [-0.3, -0.25) is 0 Å². The third-order valence-electron chi connectivity index (χ3n) is 11.0. The van der Waals surface area contributed by atoms with Gasteiger partial charge in [-0.2, -0.15) is 0 Å². The number of hydrogen-bond acceptors (Lipinski definition) is 2. The molecule has 59 heavy (non-hydrogen) atoms. The summed E-state index contributed by atoms with van der Waals surface area (Å²) in [5.41, 5.74) is 18.3. The van der Waals surface area contributed by atoms with Crippen molar-refractivity contribution in [2.75, 3.05) is 0 Å². The van der Waals surface area contributed by atoms with E-state index in [1.165, 1.54) is 5.56 Å². The minimum Gasteiger partial charge on any atom is -0.657 e. The molecular weight excluding hydrogens is 765 g/mol. The fourth-order valence-electron chi connectivity index (χ4n) is 8.39. The van der Waals surface area contributed by atoms with Crippen LogP contribution in [0.4, 0.5) is 0 Å². The summed E-state index contributed by atoms with van der Waals surface area (Å²) in [6, 6.07) is 61.1. The van der Waals surface area contributed by atoms with Crippen molar-refractivity contribution in [3.63, 3.8) is 0 Å². The molecule has 0 amide bonds. The first-order chi connectivity index (χ1) is 28.7. The van der Waals surface area contributed by atoms with E-state index in [-0.39, 0.29) is 16.5 Å². The molecule has 0 radical (unpaired) electrons. The minimum absolute atomic E-state index is 0. The summed E-state index contributed by atoms with van der Waals surface area (Å²) >= 11 is 0. The van der Waals surface area contributed by atoms with E-state index in [1.807, 2.05) is 12.1 Å². The molecule has 6 heteroatoms. The van der Waals surface area contributed by atoms with Crippen LogP contribution in [0.3, 0.4) is 0 Å². The van der Waals surface area contributed by atoms with Gasteiger partial charge in [-0.1, -0.05) is 176 Å². The molecule has 11 rings (SSSR count). The summed E-state index contributed by atoms with van der Waals surface area (Å²) in [4.78, 5) is 22.0. The van der Waals surface area contributed by atoms with Gasteiger partial charge in [-0.15, -0.1) is 22.1 Å². The molecule has 8 bridgehead atoms. The van der Waals surface area contributed by atoms with E-state index >= 15 is 0 Å². The van der Waals surface area contributed by atoms with Gasteiger partial charge in [-0.05, 0) is 62.2 Å². The second-order valence-corrected chi connectivity index (χ2v) is 14.7. The molecule has 0 saturated heterocycles. The number of fused-ring (bicyclic) bond motifs is 11. The minimum atomic E-state index is 0. The molecule has 4 aromatic heterocycles. The maximum absolute atomic E-state index is 5.68. The number of benzene rings is 5. The first-order valence-corrected chi connectivity index (χ1v) is 19.6. The van der Waals surface area contributed by atoms with Crippen molar-refractivity contribution in [1.29, 1.82) is 0 Å². The molecule has 0 unspecified atom stereocenters. The van der Waals surface area contributed by atoms with Crippen molar-refractivity contribution in [3.8, 4) is 67.0 Å². The fourth-order valence-corrected chi connectivity index (χ4v) is 8.39. The van der Waals surface area contributed by atoms with E-state index in [0.29, 0.717) is 0 Å². The Morgan fingerprint density at radius 2 is 0.712 bits per heavy atom. The predicted octanol–water partition coefficient (Wildman–Crippen LogP) is 12.6. The van der Waals surface area contributed by atoms with Gasteiger partial charge in [0.2, 0.25) is 0 Å². The summed E-state index contributed by atoms with van der Waals surface area (Å²) in [6.07, 6.45) is 8.73. The van der Waals surface area contributed by atoms with Crippen molar-refractivity contribution in [1.82, 2.24) is 24.5 Å². The molecule has 5 nitrogen and oxygen atoms in total. The normalized spacial score (nSPS) is 11.6. The van der Waals surface area contributed by atoms with Crippen LogP contribution in [0, 0.1) is 0 Å². The Labute approximate surface area is 352 Å². The number of aromatic nitrogens is 5. The third kappa shape index (κ3) is 6.54. The maximum Gasteiger partial charge on any atom is 2.00 e. The Kier molecular flexibility index (Phi) is 9.33. The van der Waals surface area contributed by atoms with Crippen LogP contribution in [0.15, 0.2) is 188 Å². The van der Waals surface area contributed by atoms with Gasteiger partial charge in [0.1, 0.15) is 0 Å². The van der Waals surface area contributed by atoms with Crippen molar-refractivity contribution >= 4 is 34.2 Å². The molecule has 0 spiro atoms. The third-order valence-corrected chi connectivity index (χ3v) is 11.0. The Bertz CT molecular complexity index is 2970. The van der Waals surface area contributed by atoms with Gasteiger partial charge < -0.3 is 14.5 Å². The van der Waals surface area contributed by atoms with Crippen LogP contribution < -0.4 is 9.97 Å². The maximum atomic E-state index is 5.68. The molecule has 0 N–H and O–H groups in total. The van der Waals surface area contributed by atoms with Crippen LogP contribution in [0.25, 0.3) is 101 Å². The first-order valence-electron chi connectivity index (χ1n) is 19.6. The quantitative estimate of drug-likeness (QED) is 0.157. The van der Waals surface area contributed by atoms with Crippen LogP contribution in [0.5, 0.6) is 0 Å². The second-order valence-electron chi connectivity index (χ2n) is 14.7. The van der Waals surface area contributed by atoms with Crippen molar-refractivity contribution in [3.05, 3.63) is 205 Å². The average Bonchev–Trinajstić information content (AvgIpc) is 4.14. The zero-order valence-electron chi connectivity index (χ0n) is 31.8. The molecule has 5 aromatic carbocycles. The standard InChI is InChI=1S/C53H35N5.Ni/c1-6-16-35(17-7-1)32-58-33-40-41(34-58)53-51(39-24-14-5-15-25-39)47-31-29-45(56-47)49(37-20-10-3-11-21-37)43-27-26-42(54-43)48(36-18-8-2-9-19-36)44-28-30-46(55-44)50(52(40)57-53)38-22-12-4-13-23-38;/h1-31,33-34H,32H2;/q-2;+2. The number of nitrogens with zero attached hydrogens (tertiary/aromatic N) is 5. The monoisotopic (exact) mass is 799 g/mol. The number of rotatable bonds is 6. The largest absolute Gasteiger partial charge is 2.00 e. The van der Waals surface area contributed by atoms with Crippen molar-refractivity contribution in [2.24, 2.45) is 0 Å². The zero-order chi connectivity index (χ0) is 38.4. The van der Waals surface area contributed by atoms with Crippen LogP contribution in [-0.2, 0) is 23.0 Å². The average molecular weight is 801 g/mol. The van der Waals surface area contributed by atoms with Gasteiger partial charge in [0.05, 0.1) is 22.8 Å². The molecule has 2 aliphatic heterocycles. The van der Waals surface area contributed by atoms with Gasteiger partial charge in [0.25, 0.3) is 0 Å². The molecule has 282 valence electrons. The van der Waals surface area contributed by atoms with Gasteiger partial charge in [0.15, 0.2) is 0 Å². The van der Waals surface area contributed by atoms with E-state index < -0.39 is 0 Å². The molecule has 0 saturated carbocycles. The van der Waals surface area contributed by atoms with Crippen molar-refractivity contribution in [2.45, 2.75) is 6.54 Å². The Balaban J connectivity index is 0.00000420. The Morgan fingerprint density at radius 1 is 0.373 bits per heavy atom. The number of hydrogen-bond donors (Lipinski definition) is 0. The van der Waals surface area contributed by atoms with Crippen molar-refractivity contribution < 1.29 is 16.5 Å². The van der Waals surface area contributed by atoms with Gasteiger partial charge >= 0.3 is 16.5 Å². The molecular formula is C53H35N5Ni. The van der Waals surface area contributed by atoms with E-state index in [9.17, 15) is 0 Å². The fraction of sp³-hybridized carbons (Fsp3) is 0.0189. The summed E-state index contributed by atoms with van der Waals surface area (Å²) in [7, 11) is 0. The van der Waals surface area contributed by atoms with E-state index in [1.54, 1.807) is 0 Å². The van der Waals surface area contributed by atoms with Crippen LogP contribution in [0.1, 0.15) is 17.0 Å². The van der Waals surface area contributed by atoms with Crippen LogP contribution >= 0.6 is 0 Å². The van der Waals surface area contributed by atoms with Gasteiger partial charge in [-0.25, -0.2) is 9.97 Å². The predicted molar refractivity (Wildman–Crippen MR) is 238 cm³/mol. The molecule has 0 aliphatic carbocycles. The van der Waals surface area contributed by atoms with Gasteiger partial charge in [0, 0.05) is 30.1 Å². The van der Waals surface area contributed by atoms with E-state index in [2.05, 4.69) is 193 Å².